The van der Waals surface area contributed by atoms with Gasteiger partial charge in [0.2, 0.25) is 5.91 Å². The van der Waals surface area contributed by atoms with Crippen molar-refractivity contribution in [2.75, 3.05) is 6.61 Å². The number of amides is 1. The minimum atomic E-state index is -4.49. The second-order valence-corrected chi connectivity index (χ2v) is 13.5. The summed E-state index contributed by atoms with van der Waals surface area (Å²) in [6.45, 7) is 0.286. The van der Waals surface area contributed by atoms with E-state index in [1.165, 1.54) is 12.1 Å². The number of hydrogen-bond donors (Lipinski definition) is 3. The summed E-state index contributed by atoms with van der Waals surface area (Å²) in [5, 5.41) is 25.5. The quantitative estimate of drug-likeness (QED) is 0.198. The van der Waals surface area contributed by atoms with E-state index in [0.717, 1.165) is 28.0 Å². The van der Waals surface area contributed by atoms with Gasteiger partial charge >= 0.3 is 12.1 Å². The number of halogens is 5. The van der Waals surface area contributed by atoms with E-state index in [4.69, 9.17) is 11.2 Å². The van der Waals surface area contributed by atoms with E-state index in [-0.39, 0.29) is 48.2 Å². The molecule has 1 aromatic rings. The summed E-state index contributed by atoms with van der Waals surface area (Å²) in [7, 11) is 0. The van der Waals surface area contributed by atoms with E-state index in [9.17, 15) is 28.2 Å². The number of benzene rings is 1. The second-order valence-electron chi connectivity index (χ2n) is 13.5. The summed E-state index contributed by atoms with van der Waals surface area (Å²) in [5.41, 5.74) is 3.81. The summed E-state index contributed by atoms with van der Waals surface area (Å²) in [4.78, 5) is 12.4. The van der Waals surface area contributed by atoms with Gasteiger partial charge in [0.1, 0.15) is 11.4 Å². The van der Waals surface area contributed by atoms with Gasteiger partial charge in [0.05, 0.1) is 11.8 Å². The van der Waals surface area contributed by atoms with Crippen molar-refractivity contribution in [1.82, 2.24) is 5.43 Å². The van der Waals surface area contributed by atoms with Crippen LogP contribution in [0.4, 0.5) is 22.0 Å². The predicted molar refractivity (Wildman–Crippen MR) is 156 cm³/mol. The molecule has 45 heavy (non-hydrogen) atoms. The molecule has 5 aliphatic carbocycles. The van der Waals surface area contributed by atoms with Gasteiger partial charge < -0.3 is 14.9 Å². The van der Waals surface area contributed by atoms with Gasteiger partial charge in [-0.3, -0.25) is 4.79 Å². The van der Waals surface area contributed by atoms with Crippen molar-refractivity contribution >= 4 is 11.6 Å². The molecule has 0 aliphatic heterocycles. The number of fused-ring (bicyclic) bond motifs is 4. The molecule has 5 atom stereocenters. The fraction of sp³-hybridized carbons (Fsp3) is 0.588. The Morgan fingerprint density at radius 1 is 1.13 bits per heavy atom. The smallest absolute Gasteiger partial charge is 0.422 e. The van der Waals surface area contributed by atoms with Crippen LogP contribution in [0.25, 0.3) is 0 Å². The number of carbonyl (C=O) groups excluding carboxylic acids is 1. The van der Waals surface area contributed by atoms with Gasteiger partial charge in [-0.1, -0.05) is 24.6 Å². The number of aliphatic hydroxyl groups is 2. The molecule has 3 saturated carbocycles. The third-order valence-corrected chi connectivity index (χ3v) is 11.1. The lowest BCUT2D eigenvalue weighted by molar-refractivity contribution is -0.209. The van der Waals surface area contributed by atoms with Crippen LogP contribution in [-0.2, 0) is 4.79 Å². The number of terminal acetylenes is 1. The molecule has 0 saturated heterocycles. The number of hydrogen-bond acceptors (Lipinski definition) is 5. The van der Waals surface area contributed by atoms with Crippen molar-refractivity contribution in [2.24, 2.45) is 28.3 Å². The Morgan fingerprint density at radius 2 is 1.84 bits per heavy atom. The van der Waals surface area contributed by atoms with Gasteiger partial charge in [-0.05, 0) is 110 Å². The van der Waals surface area contributed by atoms with Gasteiger partial charge in [0.25, 0.3) is 0 Å². The van der Waals surface area contributed by atoms with Crippen molar-refractivity contribution in [1.29, 1.82) is 0 Å². The molecule has 1 aromatic carbocycles. The first kappa shape index (κ1) is 31.7. The Labute approximate surface area is 258 Å². The summed E-state index contributed by atoms with van der Waals surface area (Å²) in [6.07, 6.45) is 6.17. The number of hydrazone groups is 1. The fourth-order valence-electron chi connectivity index (χ4n) is 8.68. The van der Waals surface area contributed by atoms with E-state index >= 15 is 8.78 Å². The van der Waals surface area contributed by atoms with Crippen LogP contribution >= 0.6 is 0 Å². The van der Waals surface area contributed by atoms with Crippen LogP contribution in [0.1, 0.15) is 76.2 Å². The predicted octanol–water partition coefficient (Wildman–Crippen LogP) is 6.20. The Kier molecular flexibility index (Phi) is 7.92. The number of nitrogens with one attached hydrogen (secondary N) is 1. The number of carbonyl (C=O) groups is 1. The molecule has 3 fully saturated rings. The Balaban J connectivity index is 1.36. The van der Waals surface area contributed by atoms with Gasteiger partial charge in [0.15, 0.2) is 6.61 Å². The highest BCUT2D eigenvalue weighted by atomic mass is 19.4. The topological polar surface area (TPSA) is 91.2 Å². The third kappa shape index (κ3) is 5.48. The highest BCUT2D eigenvalue weighted by Gasteiger charge is 2.71. The summed E-state index contributed by atoms with van der Waals surface area (Å²) in [5.74, 6) is -3.30. The second kappa shape index (κ2) is 11.2. The van der Waals surface area contributed by atoms with Gasteiger partial charge in [-0.25, -0.2) is 5.43 Å². The molecule has 11 heteroatoms. The van der Waals surface area contributed by atoms with Crippen LogP contribution in [0.5, 0.6) is 5.75 Å². The largest absolute Gasteiger partial charge is 0.484 e. The molecule has 6 rings (SSSR count). The van der Waals surface area contributed by atoms with Crippen LogP contribution < -0.4 is 10.2 Å². The van der Waals surface area contributed by atoms with E-state index in [0.29, 0.717) is 44.9 Å². The summed E-state index contributed by atoms with van der Waals surface area (Å²) in [6, 6.07) is 6.28. The molecule has 0 aromatic heterocycles. The first-order chi connectivity index (χ1) is 21.2. The molecular weight excluding hydrogens is 595 g/mol. The molecule has 3 N–H and O–H groups in total. The van der Waals surface area contributed by atoms with Crippen molar-refractivity contribution in [3.63, 3.8) is 0 Å². The van der Waals surface area contributed by atoms with Crippen LogP contribution in [0.3, 0.4) is 0 Å². The van der Waals surface area contributed by atoms with Crippen molar-refractivity contribution in [2.45, 2.75) is 94.4 Å². The fourth-order valence-corrected chi connectivity index (χ4v) is 8.68. The first-order valence-corrected chi connectivity index (χ1v) is 15.5. The minimum absolute atomic E-state index is 0.0441. The van der Waals surface area contributed by atoms with Crippen molar-refractivity contribution in [3.05, 3.63) is 52.6 Å². The lowest BCUT2D eigenvalue weighted by Gasteiger charge is -2.55. The number of ether oxygens (including phenoxy) is 1. The number of allylic oxidation sites excluding steroid dienone is 4. The molecule has 0 bridgehead atoms. The van der Waals surface area contributed by atoms with Crippen LogP contribution in [-0.4, -0.2) is 52.2 Å². The number of nitrogens with zero attached hydrogens (tertiary/aromatic N) is 1. The molecule has 5 aliphatic rings. The van der Waals surface area contributed by atoms with Crippen LogP contribution in [0.2, 0.25) is 0 Å². The lowest BCUT2D eigenvalue weighted by atomic mass is 9.50. The maximum atomic E-state index is 15.3. The molecular formula is C34H37F5N2O4. The minimum Gasteiger partial charge on any atom is -0.484 e. The van der Waals surface area contributed by atoms with Gasteiger partial charge in [-0.15, -0.1) is 6.42 Å². The zero-order chi connectivity index (χ0) is 32.4. The average molecular weight is 633 g/mol. The van der Waals surface area contributed by atoms with Crippen molar-refractivity contribution < 1.29 is 41.7 Å². The van der Waals surface area contributed by atoms with Crippen LogP contribution in [0, 0.1) is 35.5 Å². The van der Waals surface area contributed by atoms with Crippen molar-refractivity contribution in [3.8, 4) is 18.1 Å². The highest BCUT2D eigenvalue weighted by Crippen LogP contribution is 2.69. The third-order valence-electron chi connectivity index (χ3n) is 11.1. The first-order valence-electron chi connectivity index (χ1n) is 15.5. The average Bonchev–Trinajstić information content (AvgIpc) is 3.27. The summed E-state index contributed by atoms with van der Waals surface area (Å²) < 4.78 is 73.7. The molecule has 0 radical (unpaired) electrons. The van der Waals surface area contributed by atoms with Gasteiger partial charge in [0, 0.05) is 17.3 Å². The lowest BCUT2D eigenvalue weighted by Crippen LogP contribution is -2.60. The van der Waals surface area contributed by atoms with E-state index in [1.807, 2.05) is 6.08 Å². The number of alkyl halides is 5. The maximum absolute atomic E-state index is 15.3. The molecule has 1 amide bonds. The SMILES string of the molecule is C#CC(F)(F)[C@]1(O)CC[C@H]2[C@@H]3CCC4=CC(=NNC(=O)[C@H]5C[C@H](O)C5)CCC4=C3[C@@H](c3ccc(OCC(F)(F)F)cc3)C[C@@]21C. The standard InChI is InChI=1S/C34H37F5N2O4/c1-3-33(35,36)32(44)13-12-28-26-10-6-20-14-22(40-41-30(43)21-15-23(42)16-21)7-11-25(20)29(26)27(17-31(28,32)2)19-4-8-24(9-5-19)45-18-34(37,38)39/h1,4-5,8-9,14,21,23,26-28,42,44H,6-7,10-13,15-18H2,2H3,(H,41,43)/t21-,23-,26-,27+,28-,31-,32-/m0/s1. The highest BCUT2D eigenvalue weighted by molar-refractivity contribution is 5.98. The van der Waals surface area contributed by atoms with Gasteiger partial charge in [-0.2, -0.15) is 27.1 Å². The maximum Gasteiger partial charge on any atom is 0.422 e. The molecule has 0 unspecified atom stereocenters. The monoisotopic (exact) mass is 632 g/mol. The Bertz CT molecular complexity index is 1490. The molecule has 0 heterocycles. The zero-order valence-corrected chi connectivity index (χ0v) is 25.0. The number of aliphatic hydroxyl groups excluding tert-OH is 1. The molecule has 242 valence electrons. The number of rotatable bonds is 6. The zero-order valence-electron chi connectivity index (χ0n) is 25.0. The van der Waals surface area contributed by atoms with E-state index in [2.05, 4.69) is 10.5 Å². The Morgan fingerprint density at radius 3 is 2.49 bits per heavy atom. The summed E-state index contributed by atoms with van der Waals surface area (Å²) >= 11 is 0. The molecule has 6 nitrogen and oxygen atoms in total. The van der Waals surface area contributed by atoms with E-state index in [1.54, 1.807) is 25.0 Å². The molecule has 0 spiro atoms. The van der Waals surface area contributed by atoms with Crippen LogP contribution in [0.15, 0.2) is 52.2 Å². The Hall–Kier alpha value is -3.23. The van der Waals surface area contributed by atoms with E-state index < -0.39 is 35.8 Å². The normalized spacial score (nSPS) is 35.4.